The third-order valence-corrected chi connectivity index (χ3v) is 4.47. The lowest BCUT2D eigenvalue weighted by atomic mass is 9.96. The summed E-state index contributed by atoms with van der Waals surface area (Å²) in [6.45, 7) is 4.09. The summed E-state index contributed by atoms with van der Waals surface area (Å²) in [7, 11) is 2.01. The van der Waals surface area contributed by atoms with Crippen LogP contribution in [0.1, 0.15) is 30.2 Å². The van der Waals surface area contributed by atoms with Crippen LogP contribution < -0.4 is 5.32 Å². The lowest BCUT2D eigenvalue weighted by Crippen LogP contribution is -2.29. The molecule has 1 aliphatic heterocycles. The summed E-state index contributed by atoms with van der Waals surface area (Å²) in [5.74, 6) is 2.26. The first-order chi connectivity index (χ1) is 9.16. The average molecular weight is 324 g/mol. The fourth-order valence-electron chi connectivity index (χ4n) is 2.76. The quantitative estimate of drug-likeness (QED) is 0.922. The van der Waals surface area contributed by atoms with Gasteiger partial charge in [-0.25, -0.2) is 0 Å². The fraction of sp³-hybridized carbons (Fsp3) is 0.500. The Labute approximate surface area is 121 Å². The second kappa shape index (κ2) is 5.13. The summed E-state index contributed by atoms with van der Waals surface area (Å²) in [5, 5.41) is 8.07. The fourth-order valence-corrected chi connectivity index (χ4v) is 3.61. The van der Waals surface area contributed by atoms with Crippen LogP contribution in [-0.4, -0.2) is 22.9 Å². The Kier molecular flexibility index (Phi) is 3.50. The number of halogens is 1. The van der Waals surface area contributed by atoms with Crippen LogP contribution in [0.4, 0.5) is 0 Å². The molecule has 1 aliphatic rings. The Hall–Kier alpha value is -1.07. The summed E-state index contributed by atoms with van der Waals surface area (Å²) in [5.41, 5.74) is 2.16. The van der Waals surface area contributed by atoms with Crippen molar-refractivity contribution in [3.8, 4) is 11.5 Å². The summed E-state index contributed by atoms with van der Waals surface area (Å²) in [6.07, 6.45) is 2.43. The first-order valence-corrected chi connectivity index (χ1v) is 7.46. The molecule has 0 saturated carbocycles. The molecule has 1 atom stereocenters. The molecule has 0 amide bonds. The number of aryl methyl sites for hydroxylation is 2. The maximum absolute atomic E-state index is 5.68. The van der Waals surface area contributed by atoms with Crippen LogP contribution in [-0.2, 0) is 7.05 Å². The molecular weight excluding hydrogens is 306 g/mol. The summed E-state index contributed by atoms with van der Waals surface area (Å²) in [6, 6.07) is 3.95. The van der Waals surface area contributed by atoms with E-state index in [2.05, 4.69) is 26.3 Å². The number of furan rings is 1. The second-order valence-electron chi connectivity index (χ2n) is 5.13. The molecule has 19 heavy (non-hydrogen) atoms. The van der Waals surface area contributed by atoms with Crippen LogP contribution in [0, 0.1) is 6.92 Å². The normalized spacial score (nSPS) is 19.8. The maximum atomic E-state index is 5.68. The summed E-state index contributed by atoms with van der Waals surface area (Å²) in [4.78, 5) is 0. The SMILES string of the molecule is Cc1ccc(-c2nn(C)c(C3CCCNC3)c2Br)o1. The number of nitrogens with one attached hydrogen (secondary N) is 1. The Balaban J connectivity index is 2.00. The van der Waals surface area contributed by atoms with Gasteiger partial charge in [-0.05, 0) is 54.4 Å². The molecule has 3 heterocycles. The van der Waals surface area contributed by atoms with Crippen molar-refractivity contribution in [1.82, 2.24) is 15.1 Å². The van der Waals surface area contributed by atoms with Gasteiger partial charge in [0, 0.05) is 19.5 Å². The minimum Gasteiger partial charge on any atom is -0.460 e. The van der Waals surface area contributed by atoms with Gasteiger partial charge in [-0.1, -0.05) is 0 Å². The van der Waals surface area contributed by atoms with Crippen LogP contribution >= 0.6 is 15.9 Å². The molecular formula is C14H18BrN3O. The van der Waals surface area contributed by atoms with Crippen molar-refractivity contribution >= 4 is 15.9 Å². The standard InChI is InChI=1S/C14H18BrN3O/c1-9-5-6-11(19-9)13-12(15)14(18(2)17-13)10-4-3-7-16-8-10/h5-6,10,16H,3-4,7-8H2,1-2H3. The van der Waals surface area contributed by atoms with Crippen LogP contribution in [0.2, 0.25) is 0 Å². The largest absolute Gasteiger partial charge is 0.460 e. The average Bonchev–Trinajstić information content (AvgIpc) is 2.95. The zero-order chi connectivity index (χ0) is 13.4. The molecule has 0 aromatic carbocycles. The molecule has 3 rings (SSSR count). The van der Waals surface area contributed by atoms with Crippen molar-refractivity contribution in [2.24, 2.45) is 7.05 Å². The van der Waals surface area contributed by atoms with E-state index in [1.54, 1.807) is 0 Å². The minimum atomic E-state index is 0.519. The predicted molar refractivity (Wildman–Crippen MR) is 78.2 cm³/mol. The molecule has 2 aromatic rings. The number of piperidine rings is 1. The molecule has 2 aromatic heterocycles. The van der Waals surface area contributed by atoms with E-state index in [4.69, 9.17) is 4.42 Å². The van der Waals surface area contributed by atoms with Gasteiger partial charge >= 0.3 is 0 Å². The van der Waals surface area contributed by atoms with Gasteiger partial charge in [0.25, 0.3) is 0 Å². The van der Waals surface area contributed by atoms with Crippen molar-refractivity contribution in [1.29, 1.82) is 0 Å². The third-order valence-electron chi connectivity index (χ3n) is 3.69. The van der Waals surface area contributed by atoms with E-state index in [0.29, 0.717) is 5.92 Å². The van der Waals surface area contributed by atoms with Gasteiger partial charge in [-0.15, -0.1) is 0 Å². The molecule has 1 N–H and O–H groups in total. The van der Waals surface area contributed by atoms with Gasteiger partial charge in [0.1, 0.15) is 11.5 Å². The van der Waals surface area contributed by atoms with Gasteiger partial charge in [0.05, 0.1) is 10.2 Å². The van der Waals surface area contributed by atoms with Crippen molar-refractivity contribution in [3.05, 3.63) is 28.1 Å². The molecule has 0 spiro atoms. The van der Waals surface area contributed by atoms with Crippen molar-refractivity contribution < 1.29 is 4.42 Å². The molecule has 1 saturated heterocycles. The zero-order valence-electron chi connectivity index (χ0n) is 11.2. The monoisotopic (exact) mass is 323 g/mol. The third kappa shape index (κ3) is 2.37. The van der Waals surface area contributed by atoms with Crippen LogP contribution in [0.3, 0.4) is 0 Å². The Morgan fingerprint density at radius 3 is 2.95 bits per heavy atom. The summed E-state index contributed by atoms with van der Waals surface area (Å²) < 4.78 is 8.73. The van der Waals surface area contributed by atoms with Crippen LogP contribution in [0.5, 0.6) is 0 Å². The molecule has 0 radical (unpaired) electrons. The maximum Gasteiger partial charge on any atom is 0.155 e. The highest BCUT2D eigenvalue weighted by molar-refractivity contribution is 9.10. The topological polar surface area (TPSA) is 43.0 Å². The number of rotatable bonds is 2. The van der Waals surface area contributed by atoms with Crippen LogP contribution in [0.15, 0.2) is 21.0 Å². The van der Waals surface area contributed by atoms with Crippen molar-refractivity contribution in [2.45, 2.75) is 25.7 Å². The first kappa shape index (κ1) is 12.9. The Bertz CT molecular complexity index is 582. The Morgan fingerprint density at radius 1 is 1.47 bits per heavy atom. The zero-order valence-corrected chi connectivity index (χ0v) is 12.8. The number of hydrogen-bond donors (Lipinski definition) is 1. The van der Waals surface area contributed by atoms with E-state index >= 15 is 0 Å². The van der Waals surface area contributed by atoms with E-state index in [-0.39, 0.29) is 0 Å². The number of nitrogens with zero attached hydrogens (tertiary/aromatic N) is 2. The molecule has 0 bridgehead atoms. The van der Waals surface area contributed by atoms with E-state index in [0.717, 1.165) is 34.8 Å². The van der Waals surface area contributed by atoms with Gasteiger partial charge < -0.3 is 9.73 Å². The van der Waals surface area contributed by atoms with E-state index < -0.39 is 0 Å². The van der Waals surface area contributed by atoms with Crippen molar-refractivity contribution in [3.63, 3.8) is 0 Å². The number of hydrogen-bond acceptors (Lipinski definition) is 3. The van der Waals surface area contributed by atoms with Gasteiger partial charge in [0.2, 0.25) is 0 Å². The molecule has 1 unspecified atom stereocenters. The smallest absolute Gasteiger partial charge is 0.155 e. The second-order valence-corrected chi connectivity index (χ2v) is 5.92. The molecule has 102 valence electrons. The highest BCUT2D eigenvalue weighted by atomic mass is 79.9. The molecule has 1 fully saturated rings. The number of aromatic nitrogens is 2. The molecule has 0 aliphatic carbocycles. The Morgan fingerprint density at radius 2 is 2.32 bits per heavy atom. The minimum absolute atomic E-state index is 0.519. The van der Waals surface area contributed by atoms with Gasteiger partial charge in [0.15, 0.2) is 5.76 Å². The predicted octanol–water partition coefficient (Wildman–Crippen LogP) is 3.22. The molecule has 5 heteroatoms. The van der Waals surface area contributed by atoms with E-state index in [9.17, 15) is 0 Å². The van der Waals surface area contributed by atoms with E-state index in [1.165, 1.54) is 18.5 Å². The van der Waals surface area contributed by atoms with Crippen LogP contribution in [0.25, 0.3) is 11.5 Å². The summed E-state index contributed by atoms with van der Waals surface area (Å²) >= 11 is 3.71. The first-order valence-electron chi connectivity index (χ1n) is 6.66. The van der Waals surface area contributed by atoms with Crippen molar-refractivity contribution in [2.75, 3.05) is 13.1 Å². The van der Waals surface area contributed by atoms with Gasteiger partial charge in [-0.2, -0.15) is 5.10 Å². The molecule has 4 nitrogen and oxygen atoms in total. The lowest BCUT2D eigenvalue weighted by molar-refractivity contribution is 0.440. The van der Waals surface area contributed by atoms with Gasteiger partial charge in [-0.3, -0.25) is 4.68 Å². The highest BCUT2D eigenvalue weighted by Gasteiger charge is 2.25. The van der Waals surface area contributed by atoms with E-state index in [1.807, 2.05) is 30.8 Å². The lowest BCUT2D eigenvalue weighted by Gasteiger charge is -2.23. The highest BCUT2D eigenvalue weighted by Crippen LogP contribution is 2.36.